The molecule has 9 heavy (non-hydrogen) atoms. The van der Waals surface area contributed by atoms with E-state index in [0.717, 1.165) is 0 Å². The predicted octanol–water partition coefficient (Wildman–Crippen LogP) is -1.86. The number of guanidine groups is 1. The number of nitrogens with zero attached hydrogens (tertiary/aromatic N) is 1. The van der Waals surface area contributed by atoms with Crippen molar-refractivity contribution in [3.8, 4) is 0 Å². The lowest BCUT2D eigenvalue weighted by Gasteiger charge is -1.94. The van der Waals surface area contributed by atoms with Crippen LogP contribution in [-0.4, -0.2) is 19.0 Å². The van der Waals surface area contributed by atoms with Crippen LogP contribution in [0.4, 0.5) is 0 Å². The molecule has 0 aromatic carbocycles. The molecule has 56 valence electrons. The van der Waals surface area contributed by atoms with E-state index in [2.05, 4.69) is 10.5 Å². The molecule has 0 aliphatic heterocycles. The maximum atomic E-state index is 5.10. The van der Waals surface area contributed by atoms with Gasteiger partial charge in [-0.25, -0.2) is 0 Å². The number of nitrogens with two attached hydrogens (primary N) is 3. The van der Waals surface area contributed by atoms with E-state index in [-0.39, 0.29) is 18.4 Å². The highest BCUT2D eigenvalue weighted by molar-refractivity contribution is 5.85. The molecule has 0 spiro atoms. The first kappa shape index (κ1) is 11.2. The first-order valence-electron chi connectivity index (χ1n) is 2.29. The summed E-state index contributed by atoms with van der Waals surface area (Å²) in [5.41, 5.74) is 17.6. The molecular weight excluding hydrogens is 142 g/mol. The lowest BCUT2D eigenvalue weighted by atomic mass is 10.7. The fourth-order valence-corrected chi connectivity index (χ4v) is 0.212. The number of rotatable bonds is 3. The van der Waals surface area contributed by atoms with Gasteiger partial charge in [-0.1, -0.05) is 0 Å². The highest BCUT2D eigenvalue weighted by Crippen LogP contribution is 1.52. The SMILES string of the molecule is Cl.NCCNN=C(N)N. The summed E-state index contributed by atoms with van der Waals surface area (Å²) in [5, 5.41) is 3.46. The average molecular weight is 154 g/mol. The molecule has 0 rings (SSSR count). The molecule has 0 heterocycles. The molecule has 0 bridgehead atoms. The fourth-order valence-electron chi connectivity index (χ4n) is 0.212. The molecule has 0 aromatic rings. The monoisotopic (exact) mass is 153 g/mol. The van der Waals surface area contributed by atoms with Crippen molar-refractivity contribution in [3.05, 3.63) is 0 Å². The van der Waals surface area contributed by atoms with E-state index >= 15 is 0 Å². The molecule has 0 amide bonds. The second kappa shape index (κ2) is 7.32. The van der Waals surface area contributed by atoms with Crippen molar-refractivity contribution in [3.63, 3.8) is 0 Å². The molecule has 0 aliphatic rings. The van der Waals surface area contributed by atoms with E-state index in [1.165, 1.54) is 0 Å². The minimum atomic E-state index is 0. The Morgan fingerprint density at radius 2 is 2.00 bits per heavy atom. The van der Waals surface area contributed by atoms with E-state index in [4.69, 9.17) is 17.2 Å². The lowest BCUT2D eigenvalue weighted by Crippen LogP contribution is -2.28. The summed E-state index contributed by atoms with van der Waals surface area (Å²) in [6, 6.07) is 0. The Balaban J connectivity index is 0. The van der Waals surface area contributed by atoms with E-state index in [1.54, 1.807) is 0 Å². The molecular formula is C3H12ClN5. The standard InChI is InChI=1S/C3H11N5.ClH/c4-1-2-7-8-3(5)6;/h7H,1-2,4H2,(H4,5,6,8);1H. The molecule has 0 saturated carbocycles. The Bertz CT molecular complexity index is 78.3. The van der Waals surface area contributed by atoms with Crippen LogP contribution in [0.5, 0.6) is 0 Å². The third-order valence-electron chi connectivity index (χ3n) is 0.464. The van der Waals surface area contributed by atoms with Crippen molar-refractivity contribution in [2.45, 2.75) is 0 Å². The number of halogens is 1. The van der Waals surface area contributed by atoms with Gasteiger partial charge in [0.05, 0.1) is 0 Å². The Labute approximate surface area is 60.1 Å². The Morgan fingerprint density at radius 3 is 2.33 bits per heavy atom. The van der Waals surface area contributed by atoms with Crippen LogP contribution >= 0.6 is 12.4 Å². The summed E-state index contributed by atoms with van der Waals surface area (Å²) in [6.07, 6.45) is 0. The summed E-state index contributed by atoms with van der Waals surface area (Å²) in [7, 11) is 0. The van der Waals surface area contributed by atoms with E-state index in [0.29, 0.717) is 13.1 Å². The molecule has 0 aliphatic carbocycles. The smallest absolute Gasteiger partial charge is 0.208 e. The summed E-state index contributed by atoms with van der Waals surface area (Å²) in [6.45, 7) is 1.12. The van der Waals surface area contributed by atoms with Crippen molar-refractivity contribution in [2.24, 2.45) is 22.3 Å². The third-order valence-corrected chi connectivity index (χ3v) is 0.464. The van der Waals surface area contributed by atoms with Gasteiger partial charge < -0.3 is 22.6 Å². The van der Waals surface area contributed by atoms with Gasteiger partial charge in [-0.3, -0.25) is 0 Å². The topological polar surface area (TPSA) is 102 Å². The Hall–Kier alpha value is -0.680. The van der Waals surface area contributed by atoms with Crippen molar-refractivity contribution >= 4 is 18.4 Å². The van der Waals surface area contributed by atoms with Gasteiger partial charge in [0.2, 0.25) is 5.96 Å². The van der Waals surface area contributed by atoms with Gasteiger partial charge in [-0.15, -0.1) is 17.5 Å². The zero-order chi connectivity index (χ0) is 6.41. The van der Waals surface area contributed by atoms with Gasteiger partial charge in [-0.2, -0.15) is 0 Å². The minimum absolute atomic E-state index is 0. The quantitative estimate of drug-likeness (QED) is 0.165. The van der Waals surface area contributed by atoms with Gasteiger partial charge in [-0.05, 0) is 0 Å². The number of hydrogen-bond acceptors (Lipinski definition) is 3. The number of nitrogens with one attached hydrogen (secondary N) is 1. The zero-order valence-corrected chi connectivity index (χ0v) is 5.82. The van der Waals surface area contributed by atoms with Crippen LogP contribution in [0.15, 0.2) is 5.10 Å². The largest absolute Gasteiger partial charge is 0.369 e. The van der Waals surface area contributed by atoms with E-state index < -0.39 is 0 Å². The van der Waals surface area contributed by atoms with Crippen LogP contribution in [0.3, 0.4) is 0 Å². The molecule has 7 N–H and O–H groups in total. The van der Waals surface area contributed by atoms with Crippen LogP contribution in [0, 0.1) is 0 Å². The molecule has 6 heteroatoms. The second-order valence-corrected chi connectivity index (χ2v) is 1.23. The maximum absolute atomic E-state index is 5.10. The van der Waals surface area contributed by atoms with Crippen molar-refractivity contribution in [1.29, 1.82) is 0 Å². The maximum Gasteiger partial charge on any atom is 0.208 e. The fraction of sp³-hybridized carbons (Fsp3) is 0.667. The molecule has 0 aromatic heterocycles. The minimum Gasteiger partial charge on any atom is -0.369 e. The first-order valence-corrected chi connectivity index (χ1v) is 2.29. The second-order valence-electron chi connectivity index (χ2n) is 1.23. The Morgan fingerprint density at radius 1 is 1.44 bits per heavy atom. The highest BCUT2D eigenvalue weighted by Gasteiger charge is 1.75. The summed E-state index contributed by atoms with van der Waals surface area (Å²) < 4.78 is 0. The molecule has 0 atom stereocenters. The third kappa shape index (κ3) is 11.1. The van der Waals surface area contributed by atoms with Crippen molar-refractivity contribution < 1.29 is 0 Å². The van der Waals surface area contributed by atoms with Crippen molar-refractivity contribution in [1.82, 2.24) is 5.43 Å². The van der Waals surface area contributed by atoms with Crippen LogP contribution in [0.25, 0.3) is 0 Å². The van der Waals surface area contributed by atoms with E-state index in [9.17, 15) is 0 Å². The lowest BCUT2D eigenvalue weighted by molar-refractivity contribution is 0.737. The van der Waals surface area contributed by atoms with Gasteiger partial charge in [0.25, 0.3) is 0 Å². The Kier molecular flexibility index (Phi) is 9.08. The molecule has 0 saturated heterocycles. The molecule has 5 nitrogen and oxygen atoms in total. The molecule has 0 fully saturated rings. The first-order chi connectivity index (χ1) is 3.77. The summed E-state index contributed by atoms with van der Waals surface area (Å²) in [5.74, 6) is 0.0263. The average Bonchev–Trinajstić information content (AvgIpc) is 1.66. The predicted molar refractivity (Wildman–Crippen MR) is 40.1 cm³/mol. The van der Waals surface area contributed by atoms with Gasteiger partial charge >= 0.3 is 0 Å². The van der Waals surface area contributed by atoms with Crippen molar-refractivity contribution in [2.75, 3.05) is 13.1 Å². The number of hydrazone groups is 1. The van der Waals surface area contributed by atoms with Crippen LogP contribution in [0.2, 0.25) is 0 Å². The van der Waals surface area contributed by atoms with Crippen LogP contribution < -0.4 is 22.6 Å². The summed E-state index contributed by atoms with van der Waals surface area (Å²) >= 11 is 0. The van der Waals surface area contributed by atoms with Gasteiger partial charge in [0.1, 0.15) is 0 Å². The number of hydrogen-bond donors (Lipinski definition) is 4. The van der Waals surface area contributed by atoms with E-state index in [1.807, 2.05) is 0 Å². The van der Waals surface area contributed by atoms with Crippen LogP contribution in [0.1, 0.15) is 0 Å². The summed E-state index contributed by atoms with van der Waals surface area (Å²) in [4.78, 5) is 0. The van der Waals surface area contributed by atoms with Crippen LogP contribution in [-0.2, 0) is 0 Å². The molecule has 0 radical (unpaired) electrons. The highest BCUT2D eigenvalue weighted by atomic mass is 35.5. The van der Waals surface area contributed by atoms with Gasteiger partial charge in [0, 0.05) is 13.1 Å². The zero-order valence-electron chi connectivity index (χ0n) is 5.00. The van der Waals surface area contributed by atoms with Gasteiger partial charge in [0.15, 0.2) is 0 Å². The normalized spacial score (nSPS) is 7.22. The molecule has 0 unspecified atom stereocenters.